The van der Waals surface area contributed by atoms with E-state index in [2.05, 4.69) is 0 Å². The number of rotatable bonds is 3. The van der Waals surface area contributed by atoms with Crippen molar-refractivity contribution >= 4 is 39.3 Å². The van der Waals surface area contributed by atoms with Gasteiger partial charge in [0.05, 0.1) is 10.3 Å². The van der Waals surface area contributed by atoms with Crippen LogP contribution in [0.3, 0.4) is 0 Å². The number of hydrogen-bond donors (Lipinski definition) is 1. The van der Waals surface area contributed by atoms with Crippen molar-refractivity contribution in [3.8, 4) is 6.07 Å². The summed E-state index contributed by atoms with van der Waals surface area (Å²) >= 11 is 1.20. The molecular formula is C14H8FNO3S. The highest BCUT2D eigenvalue weighted by molar-refractivity contribution is 7.17. The average Bonchev–Trinajstić information content (AvgIpc) is 2.77. The van der Waals surface area contributed by atoms with Crippen molar-refractivity contribution in [3.05, 3.63) is 40.0 Å². The first-order valence-electron chi connectivity index (χ1n) is 5.50. The molecule has 2 aromatic rings. The fourth-order valence-electron chi connectivity index (χ4n) is 1.79. The number of aliphatic carboxylic acids is 1. The van der Waals surface area contributed by atoms with Gasteiger partial charge in [0.25, 0.3) is 0 Å². The molecule has 1 aromatic carbocycles. The van der Waals surface area contributed by atoms with Crippen molar-refractivity contribution in [1.29, 1.82) is 5.26 Å². The van der Waals surface area contributed by atoms with E-state index in [4.69, 9.17) is 10.4 Å². The number of Topliss-reactive ketones (excluding diaryl/α,β-unsaturated/α-hetero) is 1. The van der Waals surface area contributed by atoms with Gasteiger partial charge in [0, 0.05) is 5.39 Å². The van der Waals surface area contributed by atoms with E-state index in [1.807, 2.05) is 6.07 Å². The minimum atomic E-state index is -1.34. The second-order valence-electron chi connectivity index (χ2n) is 4.05. The predicted octanol–water partition coefficient (Wildman–Crippen LogP) is 2.97. The third kappa shape index (κ3) is 2.44. The van der Waals surface area contributed by atoms with E-state index < -0.39 is 17.6 Å². The van der Waals surface area contributed by atoms with E-state index in [1.54, 1.807) is 5.38 Å². The summed E-state index contributed by atoms with van der Waals surface area (Å²) in [6.45, 7) is 1.15. The van der Waals surface area contributed by atoms with Gasteiger partial charge in [-0.3, -0.25) is 4.79 Å². The number of carbonyl (C=O) groups is 2. The summed E-state index contributed by atoms with van der Waals surface area (Å²) in [5.74, 6) is -2.51. The topological polar surface area (TPSA) is 78.2 Å². The quantitative estimate of drug-likeness (QED) is 0.535. The Hall–Kier alpha value is -2.52. The molecule has 0 amide bonds. The number of hydrogen-bond acceptors (Lipinski definition) is 4. The fourth-order valence-corrected chi connectivity index (χ4v) is 2.76. The molecule has 1 aromatic heterocycles. The molecule has 0 radical (unpaired) electrons. The number of carboxylic acids is 1. The van der Waals surface area contributed by atoms with E-state index in [-0.39, 0.29) is 11.1 Å². The molecule has 1 heterocycles. The lowest BCUT2D eigenvalue weighted by Gasteiger charge is -1.98. The molecule has 0 aliphatic heterocycles. The number of ketones is 1. The van der Waals surface area contributed by atoms with Crippen LogP contribution in [0.25, 0.3) is 16.2 Å². The van der Waals surface area contributed by atoms with Gasteiger partial charge in [-0.25, -0.2) is 9.18 Å². The van der Waals surface area contributed by atoms with E-state index in [9.17, 15) is 14.0 Å². The normalized spacial score (nSPS) is 11.3. The number of carboxylic acid groups (broad SMARTS) is 1. The molecule has 0 aliphatic carbocycles. The molecule has 100 valence electrons. The molecule has 0 saturated carbocycles. The third-order valence-corrected chi connectivity index (χ3v) is 3.75. The minimum absolute atomic E-state index is 0.185. The van der Waals surface area contributed by atoms with Crippen molar-refractivity contribution in [3.63, 3.8) is 0 Å². The maximum absolute atomic E-state index is 13.4. The summed E-state index contributed by atoms with van der Waals surface area (Å²) in [7, 11) is 0. The molecule has 0 aliphatic rings. The average molecular weight is 289 g/mol. The zero-order valence-corrected chi connectivity index (χ0v) is 11.1. The van der Waals surface area contributed by atoms with Crippen molar-refractivity contribution in [2.45, 2.75) is 6.92 Å². The Morgan fingerprint density at radius 3 is 2.70 bits per heavy atom. The molecule has 0 spiro atoms. The van der Waals surface area contributed by atoms with Crippen LogP contribution in [-0.4, -0.2) is 16.9 Å². The Balaban J connectivity index is 2.71. The van der Waals surface area contributed by atoms with Gasteiger partial charge in [0.1, 0.15) is 17.5 Å². The van der Waals surface area contributed by atoms with E-state index in [0.717, 1.165) is 13.0 Å². The van der Waals surface area contributed by atoms with Crippen molar-refractivity contribution in [2.75, 3.05) is 0 Å². The third-order valence-electron chi connectivity index (χ3n) is 2.70. The number of thiophene rings is 1. The number of fused-ring (bicyclic) bond motifs is 1. The van der Waals surface area contributed by atoms with Crippen LogP contribution in [0.4, 0.5) is 4.39 Å². The summed E-state index contributed by atoms with van der Waals surface area (Å²) in [6.07, 6.45) is 1.20. The lowest BCUT2D eigenvalue weighted by molar-refractivity contribution is -0.134. The van der Waals surface area contributed by atoms with Crippen LogP contribution in [-0.2, 0) is 9.59 Å². The van der Waals surface area contributed by atoms with Crippen LogP contribution in [0.2, 0.25) is 0 Å². The Morgan fingerprint density at radius 2 is 2.15 bits per heavy atom. The Morgan fingerprint density at radius 1 is 1.45 bits per heavy atom. The molecule has 2 rings (SSSR count). The summed E-state index contributed by atoms with van der Waals surface area (Å²) < 4.78 is 14.0. The lowest BCUT2D eigenvalue weighted by atomic mass is 10.1. The van der Waals surface area contributed by atoms with Crippen LogP contribution in [0.5, 0.6) is 0 Å². The van der Waals surface area contributed by atoms with Gasteiger partial charge in [-0.1, -0.05) is 0 Å². The number of carbonyl (C=O) groups excluding carboxylic acids is 1. The predicted molar refractivity (Wildman–Crippen MR) is 72.8 cm³/mol. The first-order chi connectivity index (χ1) is 9.43. The van der Waals surface area contributed by atoms with E-state index >= 15 is 0 Å². The lowest BCUT2D eigenvalue weighted by Crippen LogP contribution is -2.08. The molecule has 0 fully saturated rings. The molecule has 1 N–H and O–H groups in total. The second kappa shape index (κ2) is 5.23. The molecule has 0 bridgehead atoms. The molecule has 0 saturated heterocycles. The van der Waals surface area contributed by atoms with Crippen LogP contribution >= 0.6 is 11.3 Å². The monoisotopic (exact) mass is 289 g/mol. The van der Waals surface area contributed by atoms with Crippen LogP contribution < -0.4 is 0 Å². The number of nitriles is 1. The Labute approximate surface area is 117 Å². The highest BCUT2D eigenvalue weighted by atomic mass is 32.1. The first kappa shape index (κ1) is 13.9. The van der Waals surface area contributed by atoms with Crippen LogP contribution in [0.15, 0.2) is 23.1 Å². The van der Waals surface area contributed by atoms with Crippen molar-refractivity contribution in [2.24, 2.45) is 0 Å². The highest BCUT2D eigenvalue weighted by Gasteiger charge is 2.15. The standard InChI is InChI=1S/C14H8FNO3S/c1-7(17)11(14(18)19)3-9-6-20-13-8(5-16)2-10(15)4-12(9)13/h2-4,6H,1H3,(H,18,19)/b11-3+. The van der Waals surface area contributed by atoms with Gasteiger partial charge in [-0.2, -0.15) is 5.26 Å². The Kier molecular flexibility index (Phi) is 3.63. The molecule has 4 nitrogen and oxygen atoms in total. The number of halogens is 1. The summed E-state index contributed by atoms with van der Waals surface area (Å²) in [5.41, 5.74) is 0.213. The second-order valence-corrected chi connectivity index (χ2v) is 4.93. The van der Waals surface area contributed by atoms with Gasteiger partial charge in [0.2, 0.25) is 0 Å². The van der Waals surface area contributed by atoms with Crippen LogP contribution in [0.1, 0.15) is 18.1 Å². The fraction of sp³-hybridized carbons (Fsp3) is 0.0714. The molecule has 6 heteroatoms. The zero-order valence-electron chi connectivity index (χ0n) is 10.3. The largest absolute Gasteiger partial charge is 0.478 e. The van der Waals surface area contributed by atoms with Crippen molar-refractivity contribution in [1.82, 2.24) is 0 Å². The summed E-state index contributed by atoms with van der Waals surface area (Å²) in [5, 5.41) is 19.9. The molecule has 20 heavy (non-hydrogen) atoms. The molecule has 0 atom stereocenters. The van der Waals surface area contributed by atoms with Gasteiger partial charge < -0.3 is 5.11 Å². The maximum Gasteiger partial charge on any atom is 0.339 e. The smallest absolute Gasteiger partial charge is 0.339 e. The minimum Gasteiger partial charge on any atom is -0.478 e. The maximum atomic E-state index is 13.4. The Bertz CT molecular complexity index is 783. The van der Waals surface area contributed by atoms with Gasteiger partial charge >= 0.3 is 5.97 Å². The van der Waals surface area contributed by atoms with Crippen molar-refractivity contribution < 1.29 is 19.1 Å². The van der Waals surface area contributed by atoms with Crippen LogP contribution in [0, 0.1) is 17.1 Å². The van der Waals surface area contributed by atoms with Gasteiger partial charge in [0.15, 0.2) is 5.78 Å². The highest BCUT2D eigenvalue weighted by Crippen LogP contribution is 2.31. The SMILES string of the molecule is CC(=O)/C(=C\c1csc2c(C#N)cc(F)cc12)C(=O)O. The van der Waals surface area contributed by atoms with Gasteiger partial charge in [-0.15, -0.1) is 11.3 Å². The van der Waals surface area contributed by atoms with E-state index in [1.165, 1.54) is 23.5 Å². The summed E-state index contributed by atoms with van der Waals surface area (Å²) in [6, 6.07) is 4.23. The van der Waals surface area contributed by atoms with Gasteiger partial charge in [-0.05, 0) is 36.1 Å². The summed E-state index contributed by atoms with van der Waals surface area (Å²) in [4.78, 5) is 22.2. The zero-order chi connectivity index (χ0) is 14.9. The van der Waals surface area contributed by atoms with E-state index in [0.29, 0.717) is 15.6 Å². The number of benzene rings is 1. The first-order valence-corrected chi connectivity index (χ1v) is 6.38. The number of nitrogens with zero attached hydrogens (tertiary/aromatic N) is 1. The molecule has 0 unspecified atom stereocenters. The molecular weight excluding hydrogens is 281 g/mol.